The first kappa shape index (κ1) is 13.9. The van der Waals surface area contributed by atoms with Gasteiger partial charge in [-0.2, -0.15) is 0 Å². The molecule has 1 aliphatic heterocycles. The van der Waals surface area contributed by atoms with Crippen molar-refractivity contribution in [1.29, 1.82) is 0 Å². The van der Waals surface area contributed by atoms with Crippen LogP contribution >= 0.6 is 0 Å². The number of amides is 2. The Balaban J connectivity index is 1.87. The van der Waals surface area contributed by atoms with Gasteiger partial charge in [-0.05, 0) is 42.8 Å². The second kappa shape index (κ2) is 5.07. The van der Waals surface area contributed by atoms with Gasteiger partial charge in [0.25, 0.3) is 11.8 Å². The lowest BCUT2D eigenvalue weighted by molar-refractivity contribution is -0.0585. The number of nitrogens with zero attached hydrogens (tertiary/aromatic N) is 1. The maximum atomic E-state index is 13.0. The van der Waals surface area contributed by atoms with Crippen molar-refractivity contribution in [1.82, 2.24) is 5.06 Å². The van der Waals surface area contributed by atoms with E-state index in [-0.39, 0.29) is 16.7 Å². The second-order valence-corrected chi connectivity index (χ2v) is 4.79. The Morgan fingerprint density at radius 1 is 1.05 bits per heavy atom. The zero-order chi connectivity index (χ0) is 15.9. The van der Waals surface area contributed by atoms with Crippen molar-refractivity contribution < 1.29 is 23.6 Å². The van der Waals surface area contributed by atoms with E-state index in [0.717, 1.165) is 6.07 Å². The maximum absolute atomic E-state index is 13.0. The number of hydrogen-bond donors (Lipinski definition) is 0. The molecular weight excluding hydrogens is 289 g/mol. The lowest BCUT2D eigenvalue weighted by Gasteiger charge is -2.13. The van der Waals surface area contributed by atoms with Gasteiger partial charge in [-0.25, -0.2) is 9.18 Å². The molecule has 0 aliphatic carbocycles. The average molecular weight is 299 g/mol. The Hall–Kier alpha value is -3.02. The number of carbonyl (C=O) groups is 3. The molecule has 6 heteroatoms. The largest absolute Gasteiger partial charge is 0.364 e. The zero-order valence-electron chi connectivity index (χ0n) is 11.5. The van der Waals surface area contributed by atoms with Crippen LogP contribution in [0.25, 0.3) is 0 Å². The molecule has 0 N–H and O–H groups in total. The van der Waals surface area contributed by atoms with Crippen molar-refractivity contribution in [3.05, 3.63) is 70.5 Å². The molecule has 110 valence electrons. The van der Waals surface area contributed by atoms with Crippen LogP contribution in [-0.4, -0.2) is 22.8 Å². The van der Waals surface area contributed by atoms with Crippen molar-refractivity contribution >= 4 is 17.8 Å². The summed E-state index contributed by atoms with van der Waals surface area (Å²) in [5.74, 6) is -2.79. The van der Waals surface area contributed by atoms with E-state index in [4.69, 9.17) is 4.84 Å². The predicted octanol–water partition coefficient (Wildman–Crippen LogP) is 2.50. The molecule has 0 fully saturated rings. The molecule has 0 aromatic heterocycles. The van der Waals surface area contributed by atoms with Crippen molar-refractivity contribution in [3.8, 4) is 0 Å². The minimum atomic E-state index is -0.896. The van der Waals surface area contributed by atoms with Crippen LogP contribution < -0.4 is 0 Å². The molecular formula is C16H10FNO4. The number of hydroxylamine groups is 2. The molecule has 2 amide bonds. The Kier molecular flexibility index (Phi) is 3.21. The Bertz CT molecular complexity index is 781. The van der Waals surface area contributed by atoms with Crippen molar-refractivity contribution in [3.63, 3.8) is 0 Å². The fourth-order valence-corrected chi connectivity index (χ4v) is 2.24. The minimum Gasteiger partial charge on any atom is -0.324 e. The first-order valence-electron chi connectivity index (χ1n) is 6.45. The van der Waals surface area contributed by atoms with Crippen molar-refractivity contribution in [2.45, 2.75) is 6.92 Å². The molecule has 3 rings (SSSR count). The third-order valence-electron chi connectivity index (χ3n) is 3.34. The summed E-state index contributed by atoms with van der Waals surface area (Å²) in [6, 6.07) is 9.69. The molecule has 0 unspecified atom stereocenters. The van der Waals surface area contributed by atoms with Crippen LogP contribution in [0.15, 0.2) is 42.5 Å². The number of fused-ring (bicyclic) bond motifs is 1. The summed E-state index contributed by atoms with van der Waals surface area (Å²) in [6.07, 6.45) is 0. The van der Waals surface area contributed by atoms with Crippen molar-refractivity contribution in [2.24, 2.45) is 0 Å². The fourth-order valence-electron chi connectivity index (χ4n) is 2.24. The zero-order valence-corrected chi connectivity index (χ0v) is 11.5. The SMILES string of the molecule is Cc1cc(F)ccc1C(=O)ON1C(=O)c2ccccc2C1=O. The Morgan fingerprint density at radius 3 is 2.18 bits per heavy atom. The van der Waals surface area contributed by atoms with Gasteiger partial charge in [-0.1, -0.05) is 17.2 Å². The monoisotopic (exact) mass is 299 g/mol. The van der Waals surface area contributed by atoms with Crippen molar-refractivity contribution in [2.75, 3.05) is 0 Å². The van der Waals surface area contributed by atoms with E-state index in [1.165, 1.54) is 31.2 Å². The molecule has 5 nitrogen and oxygen atoms in total. The molecule has 0 bridgehead atoms. The number of halogens is 1. The fraction of sp³-hybridized carbons (Fsp3) is 0.0625. The van der Waals surface area contributed by atoms with E-state index >= 15 is 0 Å². The summed E-state index contributed by atoms with van der Waals surface area (Å²) >= 11 is 0. The maximum Gasteiger partial charge on any atom is 0.364 e. The smallest absolute Gasteiger partial charge is 0.324 e. The normalized spacial score (nSPS) is 13.3. The standard InChI is InChI=1S/C16H10FNO4/c1-9-8-10(17)6-7-11(9)16(21)22-18-14(19)12-4-2-3-5-13(12)15(18)20/h2-8H,1H3. The molecule has 2 aromatic rings. The molecule has 1 heterocycles. The van der Waals surface area contributed by atoms with Crippen LogP contribution in [0.5, 0.6) is 0 Å². The number of rotatable bonds is 2. The van der Waals surface area contributed by atoms with Gasteiger partial charge in [0, 0.05) is 0 Å². The van der Waals surface area contributed by atoms with Crippen LogP contribution in [0, 0.1) is 12.7 Å². The summed E-state index contributed by atoms with van der Waals surface area (Å²) < 4.78 is 13.0. The molecule has 0 saturated heterocycles. The predicted molar refractivity (Wildman–Crippen MR) is 73.5 cm³/mol. The van der Waals surface area contributed by atoms with Crippen LogP contribution in [0.1, 0.15) is 36.6 Å². The quantitative estimate of drug-likeness (QED) is 0.799. The highest BCUT2D eigenvalue weighted by molar-refractivity contribution is 6.21. The van der Waals surface area contributed by atoms with Gasteiger partial charge >= 0.3 is 5.97 Å². The van der Waals surface area contributed by atoms with Crippen LogP contribution in [-0.2, 0) is 4.84 Å². The summed E-state index contributed by atoms with van der Waals surface area (Å²) in [7, 11) is 0. The van der Waals surface area contributed by atoms with Crippen LogP contribution in [0.2, 0.25) is 0 Å². The third-order valence-corrected chi connectivity index (χ3v) is 3.34. The molecule has 0 saturated carbocycles. The summed E-state index contributed by atoms with van der Waals surface area (Å²) in [6.45, 7) is 1.53. The first-order chi connectivity index (χ1) is 10.5. The number of hydrogen-bond acceptors (Lipinski definition) is 4. The molecule has 22 heavy (non-hydrogen) atoms. The lowest BCUT2D eigenvalue weighted by Crippen LogP contribution is -2.32. The Morgan fingerprint density at radius 2 is 1.64 bits per heavy atom. The van der Waals surface area contributed by atoms with Gasteiger partial charge in [0.15, 0.2) is 0 Å². The number of aryl methyl sites for hydroxylation is 1. The lowest BCUT2D eigenvalue weighted by atomic mass is 10.1. The highest BCUT2D eigenvalue weighted by atomic mass is 19.1. The highest BCUT2D eigenvalue weighted by Gasteiger charge is 2.38. The van der Waals surface area contributed by atoms with Gasteiger partial charge in [0.05, 0.1) is 16.7 Å². The van der Waals surface area contributed by atoms with Crippen LogP contribution in [0.3, 0.4) is 0 Å². The second-order valence-electron chi connectivity index (χ2n) is 4.79. The number of carbonyl (C=O) groups excluding carboxylic acids is 3. The third kappa shape index (κ3) is 2.14. The summed E-state index contributed by atoms with van der Waals surface area (Å²) in [4.78, 5) is 41.1. The summed E-state index contributed by atoms with van der Waals surface area (Å²) in [5.41, 5.74) is 0.784. The first-order valence-corrected chi connectivity index (χ1v) is 6.45. The van der Waals surface area contributed by atoms with E-state index < -0.39 is 23.6 Å². The van der Waals surface area contributed by atoms with Gasteiger partial charge in [-0.3, -0.25) is 9.59 Å². The van der Waals surface area contributed by atoms with E-state index in [2.05, 4.69) is 0 Å². The van der Waals surface area contributed by atoms with Gasteiger partial charge in [-0.15, -0.1) is 0 Å². The van der Waals surface area contributed by atoms with E-state index in [1.807, 2.05) is 0 Å². The molecule has 0 spiro atoms. The van der Waals surface area contributed by atoms with Gasteiger partial charge < -0.3 is 4.84 Å². The van der Waals surface area contributed by atoms with E-state index in [1.54, 1.807) is 12.1 Å². The molecule has 0 atom stereocenters. The van der Waals surface area contributed by atoms with Gasteiger partial charge in [0.1, 0.15) is 5.82 Å². The highest BCUT2D eigenvalue weighted by Crippen LogP contribution is 2.23. The minimum absolute atomic E-state index is 0.0814. The summed E-state index contributed by atoms with van der Waals surface area (Å²) in [5, 5.41) is 0.426. The van der Waals surface area contributed by atoms with Crippen LogP contribution in [0.4, 0.5) is 4.39 Å². The Labute approximate surface area is 124 Å². The molecule has 2 aromatic carbocycles. The number of imide groups is 1. The topological polar surface area (TPSA) is 63.7 Å². The van der Waals surface area contributed by atoms with E-state index in [9.17, 15) is 18.8 Å². The van der Waals surface area contributed by atoms with E-state index in [0.29, 0.717) is 10.6 Å². The average Bonchev–Trinajstić information content (AvgIpc) is 2.73. The molecule has 1 aliphatic rings. The number of benzene rings is 2. The molecule has 0 radical (unpaired) electrons. The van der Waals surface area contributed by atoms with Gasteiger partial charge in [0.2, 0.25) is 0 Å².